The monoisotopic (exact) mass is 635 g/mol. The van der Waals surface area contributed by atoms with Crippen molar-refractivity contribution >= 4 is 34.0 Å². The number of fused-ring (bicyclic) bond motifs is 3. The molecule has 4 aliphatic rings. The first-order chi connectivity index (χ1) is 21.0. The van der Waals surface area contributed by atoms with Crippen molar-refractivity contribution in [3.05, 3.63) is 28.5 Å². The van der Waals surface area contributed by atoms with Gasteiger partial charge in [0.25, 0.3) is 0 Å². The lowest BCUT2D eigenvalue weighted by molar-refractivity contribution is -0.137. The number of nitriles is 1. The molecule has 232 valence electrons. The molecule has 0 spiro atoms. The average molecular weight is 636 g/mol. The zero-order valence-corrected chi connectivity index (χ0v) is 24.1. The molecule has 44 heavy (non-hydrogen) atoms. The Morgan fingerprint density at radius 3 is 2.80 bits per heavy atom. The van der Waals surface area contributed by atoms with Crippen LogP contribution in [0.1, 0.15) is 37.7 Å². The highest BCUT2D eigenvalue weighted by Crippen LogP contribution is 2.47. The van der Waals surface area contributed by atoms with Crippen LogP contribution in [-0.2, 0) is 6.18 Å². The van der Waals surface area contributed by atoms with E-state index >= 15 is 4.39 Å². The van der Waals surface area contributed by atoms with E-state index in [4.69, 9.17) is 26.8 Å². The number of benzene rings is 1. The predicted octanol–water partition coefficient (Wildman–Crippen LogP) is 5.54. The summed E-state index contributed by atoms with van der Waals surface area (Å²) >= 11 is 5.98. The lowest BCUT2D eigenvalue weighted by atomic mass is 9.94. The summed E-state index contributed by atoms with van der Waals surface area (Å²) in [4.78, 5) is 17.1. The van der Waals surface area contributed by atoms with Gasteiger partial charge in [0, 0.05) is 30.8 Å². The number of rotatable bonds is 4. The maximum absolute atomic E-state index is 16.5. The van der Waals surface area contributed by atoms with Gasteiger partial charge in [-0.05, 0) is 44.4 Å². The first-order valence-corrected chi connectivity index (χ1v) is 14.7. The minimum absolute atomic E-state index is 0.0496. The molecule has 0 saturated carbocycles. The zero-order valence-electron chi connectivity index (χ0n) is 23.3. The second kappa shape index (κ2) is 10.4. The molecule has 6 heterocycles. The van der Waals surface area contributed by atoms with Crippen LogP contribution in [0.3, 0.4) is 0 Å². The number of anilines is 2. The molecule has 1 aromatic carbocycles. The van der Waals surface area contributed by atoms with Crippen molar-refractivity contribution in [1.29, 1.82) is 5.26 Å². The number of halogens is 6. The molecular formula is C29H27ClF5N7O2. The number of ether oxygens (including phenoxy) is 2. The number of piperidine rings is 1. The molecule has 0 radical (unpaired) electrons. The number of nitrogens with zero attached hydrogens (tertiary/aromatic N) is 6. The number of hydrogen-bond donors (Lipinski definition) is 1. The van der Waals surface area contributed by atoms with Crippen LogP contribution in [0.2, 0.25) is 5.02 Å². The van der Waals surface area contributed by atoms with Crippen molar-refractivity contribution in [3.63, 3.8) is 0 Å². The molecule has 2 aromatic heterocycles. The van der Waals surface area contributed by atoms with Crippen molar-refractivity contribution in [1.82, 2.24) is 19.9 Å². The van der Waals surface area contributed by atoms with Crippen molar-refractivity contribution in [3.8, 4) is 29.2 Å². The van der Waals surface area contributed by atoms with Crippen molar-refractivity contribution in [2.75, 3.05) is 43.5 Å². The lowest BCUT2D eigenvalue weighted by Crippen LogP contribution is -2.46. The van der Waals surface area contributed by atoms with Gasteiger partial charge in [0.2, 0.25) is 5.88 Å². The van der Waals surface area contributed by atoms with Crippen molar-refractivity contribution in [2.24, 2.45) is 5.92 Å². The van der Waals surface area contributed by atoms with E-state index in [9.17, 15) is 22.8 Å². The fourth-order valence-electron chi connectivity index (χ4n) is 7.15. The third kappa shape index (κ3) is 4.72. The summed E-state index contributed by atoms with van der Waals surface area (Å²) in [5.74, 6) is -1.47. The SMILES string of the molecule is N#CC1CC[C@H]2COc3nc(-c4cc(N)cc(Cl)c4C(F)(F)F)c(F)c4nc(OC[C@@]56CCCN5C[C@H](F)C6)nc(c34)N2C1. The Hall–Kier alpha value is -3.70. The van der Waals surface area contributed by atoms with Crippen molar-refractivity contribution in [2.45, 2.75) is 56.0 Å². The molecule has 4 aliphatic heterocycles. The van der Waals surface area contributed by atoms with Gasteiger partial charge in [-0.2, -0.15) is 28.4 Å². The first kappa shape index (κ1) is 29.0. The molecule has 0 aliphatic carbocycles. The molecule has 9 nitrogen and oxygen atoms in total. The van der Waals surface area contributed by atoms with E-state index < -0.39 is 45.5 Å². The van der Waals surface area contributed by atoms with E-state index in [1.165, 1.54) is 0 Å². The minimum atomic E-state index is -4.96. The molecule has 0 bridgehead atoms. The molecule has 4 atom stereocenters. The quantitative estimate of drug-likeness (QED) is 0.292. The average Bonchev–Trinajstić information content (AvgIpc) is 3.44. The Bertz CT molecular complexity index is 1700. The summed E-state index contributed by atoms with van der Waals surface area (Å²) in [6, 6.07) is 3.67. The van der Waals surface area contributed by atoms with Crippen LogP contribution in [0.25, 0.3) is 22.2 Å². The van der Waals surface area contributed by atoms with Crippen molar-refractivity contribution < 1.29 is 31.4 Å². The summed E-state index contributed by atoms with van der Waals surface area (Å²) in [6.07, 6.45) is -2.94. The lowest BCUT2D eigenvalue weighted by Gasteiger charge is -2.37. The fraction of sp³-hybridized carbons (Fsp3) is 0.517. The van der Waals surface area contributed by atoms with Gasteiger partial charge in [-0.1, -0.05) is 11.6 Å². The number of nitrogen functional groups attached to an aromatic ring is 1. The van der Waals surface area contributed by atoms with Gasteiger partial charge in [-0.25, -0.2) is 13.8 Å². The molecular weight excluding hydrogens is 609 g/mol. The Balaban J connectivity index is 1.41. The summed E-state index contributed by atoms with van der Waals surface area (Å²) in [5.41, 5.74) is 2.12. The number of pyridine rings is 1. The summed E-state index contributed by atoms with van der Waals surface area (Å²) in [6.45, 7) is 1.41. The van der Waals surface area contributed by atoms with E-state index in [0.29, 0.717) is 25.8 Å². The molecule has 2 N–H and O–H groups in total. The normalized spacial score (nSPS) is 26.6. The van der Waals surface area contributed by atoms with Gasteiger partial charge < -0.3 is 20.1 Å². The maximum atomic E-state index is 16.5. The fourth-order valence-corrected chi connectivity index (χ4v) is 7.48. The number of nitrogens with two attached hydrogens (primary N) is 1. The van der Waals surface area contributed by atoms with Gasteiger partial charge in [0.1, 0.15) is 41.8 Å². The Kier molecular flexibility index (Phi) is 6.89. The molecule has 3 saturated heterocycles. The summed E-state index contributed by atoms with van der Waals surface area (Å²) in [7, 11) is 0. The van der Waals surface area contributed by atoms with Crippen LogP contribution in [-0.4, -0.2) is 70.5 Å². The van der Waals surface area contributed by atoms with E-state index in [-0.39, 0.29) is 72.4 Å². The number of aromatic nitrogens is 3. The first-order valence-electron chi connectivity index (χ1n) is 14.4. The van der Waals surface area contributed by atoms with Gasteiger partial charge >= 0.3 is 12.2 Å². The molecule has 15 heteroatoms. The smallest absolute Gasteiger partial charge is 0.418 e. The van der Waals surface area contributed by atoms with Crippen LogP contribution in [0, 0.1) is 23.1 Å². The van der Waals surface area contributed by atoms with E-state index in [1.54, 1.807) is 0 Å². The molecule has 1 unspecified atom stereocenters. The summed E-state index contributed by atoms with van der Waals surface area (Å²) in [5, 5.41) is 9.00. The molecule has 3 fully saturated rings. The second-order valence-corrected chi connectivity index (χ2v) is 12.3. The Morgan fingerprint density at radius 1 is 1.20 bits per heavy atom. The highest BCUT2D eigenvalue weighted by Gasteiger charge is 2.49. The van der Waals surface area contributed by atoms with Crippen LogP contribution in [0.5, 0.6) is 11.9 Å². The van der Waals surface area contributed by atoms with Gasteiger partial charge in [0.15, 0.2) is 5.82 Å². The van der Waals surface area contributed by atoms with Crippen LogP contribution >= 0.6 is 11.6 Å². The minimum Gasteiger partial charge on any atom is -0.475 e. The highest BCUT2D eigenvalue weighted by molar-refractivity contribution is 6.32. The third-order valence-corrected chi connectivity index (χ3v) is 9.47. The van der Waals surface area contributed by atoms with Gasteiger partial charge in [0.05, 0.1) is 34.2 Å². The molecule has 7 rings (SSSR count). The van der Waals surface area contributed by atoms with Gasteiger partial charge in [-0.15, -0.1) is 0 Å². The predicted molar refractivity (Wildman–Crippen MR) is 151 cm³/mol. The Morgan fingerprint density at radius 2 is 2.02 bits per heavy atom. The number of hydrogen-bond acceptors (Lipinski definition) is 9. The van der Waals surface area contributed by atoms with Crippen LogP contribution in [0.15, 0.2) is 12.1 Å². The standard InChI is InChI=1S/C29H27ClF5N7O2/c30-19-7-16(37)6-18(21(19)29(33,34)35)23-22(32)24-20-25(42-10-14(9-36)2-3-17(42)12-43-26(20)38-23)40-27(39-24)44-13-28-4-1-5-41(28)11-15(31)8-28/h6-7,14-15,17H,1-5,8,10-13,37H2/t14?,15-,17+,28+/m1/s1. The topological polar surface area (TPSA) is 113 Å². The van der Waals surface area contributed by atoms with Crippen LogP contribution in [0.4, 0.5) is 33.5 Å². The largest absolute Gasteiger partial charge is 0.475 e. The third-order valence-electron chi connectivity index (χ3n) is 9.17. The van der Waals surface area contributed by atoms with E-state index in [2.05, 4.69) is 21.0 Å². The zero-order chi connectivity index (χ0) is 31.0. The maximum Gasteiger partial charge on any atom is 0.418 e. The van der Waals surface area contributed by atoms with E-state index in [1.807, 2.05) is 9.80 Å². The number of alkyl halides is 4. The molecule has 3 aromatic rings. The van der Waals surface area contributed by atoms with E-state index in [0.717, 1.165) is 25.1 Å². The molecule has 0 amide bonds. The highest BCUT2D eigenvalue weighted by atomic mass is 35.5. The van der Waals surface area contributed by atoms with Crippen LogP contribution < -0.4 is 20.1 Å². The second-order valence-electron chi connectivity index (χ2n) is 11.9. The van der Waals surface area contributed by atoms with Gasteiger partial charge in [-0.3, -0.25) is 4.90 Å². The Labute approximate surface area is 253 Å². The summed E-state index contributed by atoms with van der Waals surface area (Å²) < 4.78 is 85.6.